The Bertz CT molecular complexity index is 618. The average molecular weight is 442 g/mol. The molecule has 0 spiro atoms. The molecule has 5 nitrogen and oxygen atoms in total. The summed E-state index contributed by atoms with van der Waals surface area (Å²) < 4.78 is 16.4. The zero-order valence-electron chi connectivity index (χ0n) is 13.3. The Balaban J connectivity index is 2.15. The van der Waals surface area contributed by atoms with Crippen LogP contribution >= 0.6 is 22.6 Å². The number of esters is 2. The second-order valence-corrected chi connectivity index (χ2v) is 6.01. The number of rotatable bonds is 10. The minimum atomic E-state index is -0.420. The third kappa shape index (κ3) is 8.58. The fourth-order valence-electron chi connectivity index (χ4n) is 1.61. The van der Waals surface area contributed by atoms with Gasteiger partial charge in [0.25, 0.3) is 0 Å². The normalized spacial score (nSPS) is 9.67. The van der Waals surface area contributed by atoms with E-state index in [1.54, 1.807) is 0 Å². The van der Waals surface area contributed by atoms with E-state index >= 15 is 0 Å². The highest BCUT2D eigenvalue weighted by atomic mass is 127. The van der Waals surface area contributed by atoms with Crippen molar-refractivity contribution in [1.29, 1.82) is 0 Å². The van der Waals surface area contributed by atoms with Gasteiger partial charge in [-0.05, 0) is 46.7 Å². The molecule has 0 aromatic heterocycles. The molecule has 0 heterocycles. The first-order chi connectivity index (χ1) is 11.5. The van der Waals surface area contributed by atoms with Crippen LogP contribution in [-0.2, 0) is 19.1 Å². The minimum absolute atomic E-state index is 0.0521. The predicted octanol–water partition coefficient (Wildman–Crippen LogP) is 3.12. The van der Waals surface area contributed by atoms with Gasteiger partial charge < -0.3 is 14.2 Å². The Labute approximate surface area is 155 Å². The standard InChI is InChI=1S/C18H19IO5/c1-3-11-22-17(20)9-6-10-18(21)24-13-14(2)12-23-16-8-5-4-7-15(16)19/h1,4-5,7-8H,2,6,9-13H2. The van der Waals surface area contributed by atoms with Gasteiger partial charge in [-0.3, -0.25) is 9.59 Å². The number of carbonyl (C=O) groups excluding carboxylic acids is 2. The minimum Gasteiger partial charge on any atom is -0.488 e. The van der Waals surface area contributed by atoms with E-state index in [0.29, 0.717) is 12.0 Å². The molecular formula is C18H19IO5. The highest BCUT2D eigenvalue weighted by Crippen LogP contribution is 2.20. The van der Waals surface area contributed by atoms with Crippen LogP contribution in [-0.4, -0.2) is 31.8 Å². The van der Waals surface area contributed by atoms with Crippen molar-refractivity contribution in [2.45, 2.75) is 19.3 Å². The summed E-state index contributed by atoms with van der Waals surface area (Å²) in [6, 6.07) is 7.61. The molecule has 0 saturated heterocycles. The van der Waals surface area contributed by atoms with E-state index in [2.05, 4.69) is 35.1 Å². The molecule has 0 bridgehead atoms. The van der Waals surface area contributed by atoms with Gasteiger partial charge in [-0.15, -0.1) is 6.42 Å². The predicted molar refractivity (Wildman–Crippen MR) is 98.4 cm³/mol. The lowest BCUT2D eigenvalue weighted by atomic mass is 10.2. The average Bonchev–Trinajstić information content (AvgIpc) is 2.57. The van der Waals surface area contributed by atoms with Crippen molar-refractivity contribution in [3.63, 3.8) is 0 Å². The Hall–Kier alpha value is -2.01. The van der Waals surface area contributed by atoms with Gasteiger partial charge in [0.1, 0.15) is 19.0 Å². The second kappa shape index (κ2) is 11.5. The SMILES string of the molecule is C#CCOC(=O)CCCC(=O)OCC(=C)COc1ccccc1I. The molecule has 0 amide bonds. The quantitative estimate of drug-likeness (QED) is 0.241. The van der Waals surface area contributed by atoms with E-state index in [1.807, 2.05) is 24.3 Å². The van der Waals surface area contributed by atoms with Gasteiger partial charge in [-0.25, -0.2) is 0 Å². The third-order valence-electron chi connectivity index (χ3n) is 2.78. The number of carbonyl (C=O) groups is 2. The van der Waals surface area contributed by atoms with Crippen LogP contribution in [0, 0.1) is 15.9 Å². The molecule has 6 heteroatoms. The lowest BCUT2D eigenvalue weighted by Crippen LogP contribution is -2.12. The Morgan fingerprint density at radius 2 is 1.79 bits per heavy atom. The van der Waals surface area contributed by atoms with Gasteiger partial charge in [0, 0.05) is 12.8 Å². The first-order valence-electron chi connectivity index (χ1n) is 7.31. The highest BCUT2D eigenvalue weighted by Gasteiger charge is 2.08. The van der Waals surface area contributed by atoms with Gasteiger partial charge >= 0.3 is 11.9 Å². The number of para-hydroxylation sites is 1. The van der Waals surface area contributed by atoms with Crippen LogP contribution in [0.4, 0.5) is 0 Å². The van der Waals surface area contributed by atoms with E-state index < -0.39 is 11.9 Å². The molecule has 0 aliphatic carbocycles. The van der Waals surface area contributed by atoms with E-state index in [4.69, 9.17) is 20.6 Å². The van der Waals surface area contributed by atoms with Gasteiger partial charge in [0.15, 0.2) is 6.61 Å². The van der Waals surface area contributed by atoms with Crippen LogP contribution < -0.4 is 4.74 Å². The summed E-state index contributed by atoms with van der Waals surface area (Å²) in [5, 5.41) is 0. The first kappa shape index (κ1) is 20.0. The lowest BCUT2D eigenvalue weighted by Gasteiger charge is -2.10. The summed E-state index contributed by atoms with van der Waals surface area (Å²) in [6.45, 7) is 4.12. The zero-order valence-corrected chi connectivity index (χ0v) is 15.4. The molecule has 0 fully saturated rings. The van der Waals surface area contributed by atoms with Gasteiger partial charge in [-0.1, -0.05) is 24.6 Å². The van der Waals surface area contributed by atoms with Gasteiger partial charge in [-0.2, -0.15) is 0 Å². The first-order valence-corrected chi connectivity index (χ1v) is 8.39. The molecule has 0 unspecified atom stereocenters. The van der Waals surface area contributed by atoms with Gasteiger partial charge in [0.05, 0.1) is 3.57 Å². The van der Waals surface area contributed by atoms with Crippen molar-refractivity contribution >= 4 is 34.5 Å². The molecule has 1 aromatic rings. The third-order valence-corrected chi connectivity index (χ3v) is 3.68. The van der Waals surface area contributed by atoms with Crippen LogP contribution in [0.5, 0.6) is 5.75 Å². The highest BCUT2D eigenvalue weighted by molar-refractivity contribution is 14.1. The van der Waals surface area contributed by atoms with E-state index in [0.717, 1.165) is 9.32 Å². The molecule has 0 aliphatic rings. The Kier molecular flexibility index (Phi) is 9.61. The monoisotopic (exact) mass is 442 g/mol. The molecule has 1 rings (SSSR count). The van der Waals surface area contributed by atoms with Crippen molar-refractivity contribution in [3.05, 3.63) is 40.0 Å². The molecule has 0 radical (unpaired) electrons. The van der Waals surface area contributed by atoms with Crippen LogP contribution in [0.2, 0.25) is 0 Å². The summed E-state index contributed by atoms with van der Waals surface area (Å²) in [5.74, 6) is 2.15. The van der Waals surface area contributed by atoms with Crippen LogP contribution in [0.25, 0.3) is 0 Å². The number of hydrogen-bond acceptors (Lipinski definition) is 5. The second-order valence-electron chi connectivity index (χ2n) is 4.85. The van der Waals surface area contributed by atoms with E-state index in [-0.39, 0.29) is 32.7 Å². The van der Waals surface area contributed by atoms with E-state index in [9.17, 15) is 9.59 Å². The summed E-state index contributed by atoms with van der Waals surface area (Å²) >= 11 is 2.18. The Morgan fingerprint density at radius 1 is 1.12 bits per heavy atom. The number of ether oxygens (including phenoxy) is 3. The van der Waals surface area contributed by atoms with Crippen molar-refractivity contribution < 1.29 is 23.8 Å². The molecule has 0 N–H and O–H groups in total. The Morgan fingerprint density at radius 3 is 2.46 bits per heavy atom. The van der Waals surface area contributed by atoms with E-state index in [1.165, 1.54) is 0 Å². The van der Waals surface area contributed by atoms with Crippen molar-refractivity contribution in [2.75, 3.05) is 19.8 Å². The smallest absolute Gasteiger partial charge is 0.306 e. The van der Waals surface area contributed by atoms with Crippen LogP contribution in [0.1, 0.15) is 19.3 Å². The molecular weight excluding hydrogens is 423 g/mol. The maximum Gasteiger partial charge on any atom is 0.306 e. The fourth-order valence-corrected chi connectivity index (χ4v) is 2.15. The van der Waals surface area contributed by atoms with Gasteiger partial charge in [0.2, 0.25) is 0 Å². The molecule has 0 atom stereocenters. The molecule has 0 saturated carbocycles. The van der Waals surface area contributed by atoms with Crippen molar-refractivity contribution in [3.8, 4) is 18.1 Å². The molecule has 128 valence electrons. The maximum absolute atomic E-state index is 11.6. The van der Waals surface area contributed by atoms with Crippen LogP contribution in [0.15, 0.2) is 36.4 Å². The molecule has 1 aromatic carbocycles. The zero-order chi connectivity index (χ0) is 17.8. The largest absolute Gasteiger partial charge is 0.488 e. The number of hydrogen-bond donors (Lipinski definition) is 0. The summed E-state index contributed by atoms with van der Waals surface area (Å²) in [4.78, 5) is 22.8. The summed E-state index contributed by atoms with van der Waals surface area (Å²) in [7, 11) is 0. The summed E-state index contributed by atoms with van der Waals surface area (Å²) in [5.41, 5.74) is 0.649. The number of halogens is 1. The van der Waals surface area contributed by atoms with Crippen molar-refractivity contribution in [2.24, 2.45) is 0 Å². The van der Waals surface area contributed by atoms with Crippen molar-refractivity contribution in [1.82, 2.24) is 0 Å². The van der Waals surface area contributed by atoms with Crippen LogP contribution in [0.3, 0.4) is 0 Å². The maximum atomic E-state index is 11.6. The lowest BCUT2D eigenvalue weighted by molar-refractivity contribution is -0.144. The molecule has 24 heavy (non-hydrogen) atoms. The topological polar surface area (TPSA) is 61.8 Å². The number of benzene rings is 1. The number of terminal acetylenes is 1. The fraction of sp³-hybridized carbons (Fsp3) is 0.333. The summed E-state index contributed by atoms with van der Waals surface area (Å²) in [6.07, 6.45) is 5.59. The molecule has 0 aliphatic heterocycles.